The van der Waals surface area contributed by atoms with Crippen molar-refractivity contribution in [2.75, 3.05) is 20.3 Å². The molecule has 4 rings (SSSR count). The van der Waals surface area contributed by atoms with Crippen LogP contribution in [-0.2, 0) is 4.74 Å². The Morgan fingerprint density at radius 1 is 0.704 bits per heavy atom. The lowest BCUT2D eigenvalue weighted by molar-refractivity contribution is 0.172. The van der Waals surface area contributed by atoms with Gasteiger partial charge in [0, 0.05) is 31.3 Å². The first-order chi connectivity index (χ1) is 13.3. The lowest BCUT2D eigenvalue weighted by Crippen LogP contribution is -2.02. The zero-order chi connectivity index (χ0) is 18.6. The number of phenolic OH excluding ortho intramolecular Hbond substituents is 1. The molecule has 0 aliphatic carbocycles. The fourth-order valence-electron chi connectivity index (χ4n) is 3.54. The Morgan fingerprint density at radius 3 is 2.04 bits per heavy atom. The highest BCUT2D eigenvalue weighted by Gasteiger charge is 2.17. The fourth-order valence-corrected chi connectivity index (χ4v) is 3.54. The maximum Gasteiger partial charge on any atom is 0.127 e. The van der Waals surface area contributed by atoms with Crippen molar-refractivity contribution in [1.29, 1.82) is 0 Å². The summed E-state index contributed by atoms with van der Waals surface area (Å²) in [5.41, 5.74) is 1.74. The van der Waals surface area contributed by atoms with Gasteiger partial charge in [-0.05, 0) is 33.7 Å². The van der Waals surface area contributed by atoms with Crippen molar-refractivity contribution < 1.29 is 14.6 Å². The van der Waals surface area contributed by atoms with Gasteiger partial charge in [0.15, 0.2) is 0 Å². The number of fused-ring (bicyclic) bond motifs is 2. The zero-order valence-electron chi connectivity index (χ0n) is 15.3. The quantitative estimate of drug-likeness (QED) is 0.444. The minimum atomic E-state index is 0.256. The molecule has 0 radical (unpaired) electrons. The van der Waals surface area contributed by atoms with Crippen LogP contribution in [0.4, 0.5) is 0 Å². The molecule has 0 aliphatic heterocycles. The first kappa shape index (κ1) is 17.4. The lowest BCUT2D eigenvalue weighted by atomic mass is 9.92. The van der Waals surface area contributed by atoms with E-state index in [-0.39, 0.29) is 5.75 Å². The van der Waals surface area contributed by atoms with Crippen LogP contribution in [0.1, 0.15) is 6.42 Å². The van der Waals surface area contributed by atoms with Crippen LogP contribution >= 0.6 is 0 Å². The summed E-state index contributed by atoms with van der Waals surface area (Å²) in [4.78, 5) is 0. The van der Waals surface area contributed by atoms with Gasteiger partial charge in [0.2, 0.25) is 0 Å². The van der Waals surface area contributed by atoms with Crippen molar-refractivity contribution >= 4 is 21.5 Å². The molecule has 27 heavy (non-hydrogen) atoms. The molecule has 0 aromatic heterocycles. The van der Waals surface area contributed by atoms with Crippen LogP contribution < -0.4 is 4.74 Å². The van der Waals surface area contributed by atoms with Crippen LogP contribution in [0, 0.1) is 0 Å². The maximum atomic E-state index is 10.8. The van der Waals surface area contributed by atoms with Crippen LogP contribution in [0.5, 0.6) is 11.5 Å². The molecule has 0 saturated carbocycles. The molecule has 0 bridgehead atoms. The van der Waals surface area contributed by atoms with Crippen LogP contribution in [0.25, 0.3) is 32.7 Å². The van der Waals surface area contributed by atoms with Crippen LogP contribution in [0.3, 0.4) is 0 Å². The molecular weight excluding hydrogens is 336 g/mol. The van der Waals surface area contributed by atoms with Crippen molar-refractivity contribution in [1.82, 2.24) is 0 Å². The van der Waals surface area contributed by atoms with Crippen LogP contribution in [0.15, 0.2) is 72.8 Å². The predicted octanol–water partition coefficient (Wildman–Crippen LogP) is 5.78. The Bertz CT molecular complexity index is 1090. The van der Waals surface area contributed by atoms with Gasteiger partial charge in [0.1, 0.15) is 11.5 Å². The summed E-state index contributed by atoms with van der Waals surface area (Å²) in [5.74, 6) is 1.03. The SMILES string of the molecule is COCCCOc1ccc2ccccc2c1-c1c(O)ccc2ccccc12. The van der Waals surface area contributed by atoms with Gasteiger partial charge in [-0.3, -0.25) is 0 Å². The molecule has 3 nitrogen and oxygen atoms in total. The third kappa shape index (κ3) is 3.34. The highest BCUT2D eigenvalue weighted by molar-refractivity contribution is 6.09. The zero-order valence-corrected chi connectivity index (χ0v) is 15.3. The molecule has 1 N–H and O–H groups in total. The van der Waals surface area contributed by atoms with E-state index in [1.165, 1.54) is 0 Å². The molecule has 136 valence electrons. The second-order valence-electron chi connectivity index (χ2n) is 6.54. The summed E-state index contributed by atoms with van der Waals surface area (Å²) in [6.07, 6.45) is 0.810. The Labute approximate surface area is 158 Å². The van der Waals surface area contributed by atoms with Gasteiger partial charge in [0.05, 0.1) is 6.61 Å². The van der Waals surface area contributed by atoms with E-state index in [0.29, 0.717) is 13.2 Å². The van der Waals surface area contributed by atoms with E-state index in [0.717, 1.165) is 44.8 Å². The summed E-state index contributed by atoms with van der Waals surface area (Å²) in [7, 11) is 1.69. The van der Waals surface area contributed by atoms with E-state index < -0.39 is 0 Å². The Balaban J connectivity index is 1.96. The van der Waals surface area contributed by atoms with Gasteiger partial charge in [-0.1, -0.05) is 60.7 Å². The molecular formula is C24H22O3. The number of rotatable bonds is 6. The Kier molecular flexibility index (Phi) is 4.95. The lowest BCUT2D eigenvalue weighted by Gasteiger charge is -2.17. The minimum absolute atomic E-state index is 0.256. The van der Waals surface area contributed by atoms with Crippen molar-refractivity contribution in [2.45, 2.75) is 6.42 Å². The molecule has 0 unspecified atom stereocenters. The molecule has 0 heterocycles. The number of aromatic hydroxyl groups is 1. The van der Waals surface area contributed by atoms with E-state index in [9.17, 15) is 5.11 Å². The van der Waals surface area contributed by atoms with Gasteiger partial charge in [-0.25, -0.2) is 0 Å². The summed E-state index contributed by atoms with van der Waals surface area (Å²) in [6, 6.07) is 24.1. The smallest absolute Gasteiger partial charge is 0.127 e. The molecule has 0 atom stereocenters. The first-order valence-corrected chi connectivity index (χ1v) is 9.14. The average molecular weight is 358 g/mol. The van der Waals surface area contributed by atoms with Gasteiger partial charge in [-0.2, -0.15) is 0 Å². The number of phenols is 1. The number of hydrogen-bond acceptors (Lipinski definition) is 3. The van der Waals surface area contributed by atoms with Crippen molar-refractivity contribution in [3.05, 3.63) is 72.8 Å². The normalized spacial score (nSPS) is 11.1. The number of hydrogen-bond donors (Lipinski definition) is 1. The Hall–Kier alpha value is -3.04. The van der Waals surface area contributed by atoms with Gasteiger partial charge in [-0.15, -0.1) is 0 Å². The first-order valence-electron chi connectivity index (χ1n) is 9.14. The summed E-state index contributed by atoms with van der Waals surface area (Å²) < 4.78 is 11.2. The largest absolute Gasteiger partial charge is 0.507 e. The van der Waals surface area contributed by atoms with Gasteiger partial charge >= 0.3 is 0 Å². The second kappa shape index (κ2) is 7.68. The van der Waals surface area contributed by atoms with E-state index in [4.69, 9.17) is 9.47 Å². The second-order valence-corrected chi connectivity index (χ2v) is 6.54. The summed E-state index contributed by atoms with van der Waals surface area (Å²) in [5, 5.41) is 15.1. The van der Waals surface area contributed by atoms with Crippen LogP contribution in [-0.4, -0.2) is 25.4 Å². The fraction of sp³-hybridized carbons (Fsp3) is 0.167. The van der Waals surface area contributed by atoms with Gasteiger partial charge < -0.3 is 14.6 Å². The molecule has 0 aliphatic rings. The monoisotopic (exact) mass is 358 g/mol. The van der Waals surface area contributed by atoms with E-state index in [1.807, 2.05) is 42.5 Å². The molecule has 0 saturated heterocycles. The molecule has 4 aromatic rings. The summed E-state index contributed by atoms with van der Waals surface area (Å²) >= 11 is 0. The Morgan fingerprint density at radius 2 is 1.33 bits per heavy atom. The topological polar surface area (TPSA) is 38.7 Å². The van der Waals surface area contributed by atoms with Crippen molar-refractivity contribution in [3.8, 4) is 22.6 Å². The van der Waals surface area contributed by atoms with Crippen LogP contribution in [0.2, 0.25) is 0 Å². The van der Waals surface area contributed by atoms with E-state index >= 15 is 0 Å². The molecule has 4 aromatic carbocycles. The molecule has 0 amide bonds. The predicted molar refractivity (Wildman–Crippen MR) is 111 cm³/mol. The van der Waals surface area contributed by atoms with Crippen molar-refractivity contribution in [3.63, 3.8) is 0 Å². The highest BCUT2D eigenvalue weighted by atomic mass is 16.5. The molecule has 3 heteroatoms. The maximum absolute atomic E-state index is 10.8. The standard InChI is InChI=1S/C24H22O3/c1-26-15-6-16-27-22-14-12-18-8-3-5-10-20(18)24(22)23-19-9-4-2-7-17(19)11-13-21(23)25/h2-5,7-14,25H,6,15-16H2,1H3. The number of benzene rings is 4. The van der Waals surface area contributed by atoms with Gasteiger partial charge in [0.25, 0.3) is 0 Å². The van der Waals surface area contributed by atoms with Crippen molar-refractivity contribution in [2.24, 2.45) is 0 Å². The highest BCUT2D eigenvalue weighted by Crippen LogP contribution is 2.44. The summed E-state index contributed by atoms with van der Waals surface area (Å²) in [6.45, 7) is 1.22. The molecule has 0 fully saturated rings. The van der Waals surface area contributed by atoms with E-state index in [2.05, 4.69) is 24.3 Å². The minimum Gasteiger partial charge on any atom is -0.507 e. The molecule has 0 spiro atoms. The van der Waals surface area contributed by atoms with E-state index in [1.54, 1.807) is 13.2 Å². The number of methoxy groups -OCH3 is 1. The average Bonchev–Trinajstić information content (AvgIpc) is 2.71. The number of ether oxygens (including phenoxy) is 2. The third-order valence-electron chi connectivity index (χ3n) is 4.80. The third-order valence-corrected chi connectivity index (χ3v) is 4.80.